The summed E-state index contributed by atoms with van der Waals surface area (Å²) < 4.78 is 11.1. The second kappa shape index (κ2) is 7.65. The minimum absolute atomic E-state index is 0.197. The van der Waals surface area contributed by atoms with Crippen LogP contribution in [0.5, 0.6) is 5.75 Å². The SMILES string of the molecule is CCc1cc(C(=O)N2CC[C@H](Oc3cccnc3C)[C@@H](O)CC2)on1. The first-order chi connectivity index (χ1) is 12.1. The van der Waals surface area contributed by atoms with Gasteiger partial charge in [0.25, 0.3) is 5.91 Å². The first kappa shape index (κ1) is 17.4. The maximum absolute atomic E-state index is 12.6. The molecule has 1 amide bonds. The highest BCUT2D eigenvalue weighted by molar-refractivity contribution is 5.91. The van der Waals surface area contributed by atoms with Crippen LogP contribution in [0.3, 0.4) is 0 Å². The minimum Gasteiger partial charge on any atom is -0.486 e. The highest BCUT2D eigenvalue weighted by Gasteiger charge is 2.30. The number of aryl methyl sites for hydroxylation is 2. The van der Waals surface area contributed by atoms with Gasteiger partial charge in [-0.2, -0.15) is 0 Å². The van der Waals surface area contributed by atoms with E-state index in [0.29, 0.717) is 31.7 Å². The van der Waals surface area contributed by atoms with E-state index in [2.05, 4.69) is 10.1 Å². The van der Waals surface area contributed by atoms with Crippen LogP contribution in [0.15, 0.2) is 28.9 Å². The maximum atomic E-state index is 12.6. The predicted octanol–water partition coefficient (Wildman–Crippen LogP) is 1.98. The fourth-order valence-electron chi connectivity index (χ4n) is 2.89. The lowest BCUT2D eigenvalue weighted by Gasteiger charge is -2.22. The molecule has 0 radical (unpaired) electrons. The average molecular weight is 345 g/mol. The smallest absolute Gasteiger partial charge is 0.292 e. The van der Waals surface area contributed by atoms with E-state index in [1.165, 1.54) is 0 Å². The largest absolute Gasteiger partial charge is 0.486 e. The van der Waals surface area contributed by atoms with E-state index in [0.717, 1.165) is 17.8 Å². The number of aliphatic hydroxyl groups is 1. The molecule has 2 atom stereocenters. The van der Waals surface area contributed by atoms with Gasteiger partial charge in [0.2, 0.25) is 5.76 Å². The van der Waals surface area contributed by atoms with Crippen molar-refractivity contribution in [1.29, 1.82) is 0 Å². The normalized spacial score (nSPS) is 21.0. The average Bonchev–Trinajstić information content (AvgIpc) is 3.03. The molecule has 25 heavy (non-hydrogen) atoms. The fraction of sp³-hybridized carbons (Fsp3) is 0.500. The number of hydrogen-bond acceptors (Lipinski definition) is 6. The van der Waals surface area contributed by atoms with Crippen LogP contribution >= 0.6 is 0 Å². The topological polar surface area (TPSA) is 88.7 Å². The van der Waals surface area contributed by atoms with Gasteiger partial charge in [-0.15, -0.1) is 0 Å². The van der Waals surface area contributed by atoms with Crippen LogP contribution in [0, 0.1) is 6.92 Å². The van der Waals surface area contributed by atoms with Crippen molar-refractivity contribution in [3.63, 3.8) is 0 Å². The highest BCUT2D eigenvalue weighted by atomic mass is 16.5. The molecular weight excluding hydrogens is 322 g/mol. The Morgan fingerprint density at radius 1 is 1.44 bits per heavy atom. The molecule has 0 aliphatic carbocycles. The third-order valence-corrected chi connectivity index (χ3v) is 4.46. The monoisotopic (exact) mass is 345 g/mol. The Labute approximate surface area is 146 Å². The lowest BCUT2D eigenvalue weighted by molar-refractivity contribution is 0.0343. The summed E-state index contributed by atoms with van der Waals surface area (Å²) >= 11 is 0. The van der Waals surface area contributed by atoms with E-state index in [1.807, 2.05) is 19.9 Å². The number of pyridine rings is 1. The molecule has 0 aromatic carbocycles. The Morgan fingerprint density at radius 3 is 2.96 bits per heavy atom. The second-order valence-corrected chi connectivity index (χ2v) is 6.22. The summed E-state index contributed by atoms with van der Waals surface area (Å²) in [6.07, 6.45) is 2.39. The molecule has 0 spiro atoms. The molecule has 2 aromatic rings. The first-order valence-electron chi connectivity index (χ1n) is 8.59. The van der Waals surface area contributed by atoms with Gasteiger partial charge in [0.05, 0.1) is 17.5 Å². The second-order valence-electron chi connectivity index (χ2n) is 6.22. The van der Waals surface area contributed by atoms with Crippen molar-refractivity contribution in [3.05, 3.63) is 41.5 Å². The summed E-state index contributed by atoms with van der Waals surface area (Å²) in [5, 5.41) is 14.3. The molecule has 1 aliphatic rings. The predicted molar refractivity (Wildman–Crippen MR) is 90.4 cm³/mol. The quantitative estimate of drug-likeness (QED) is 0.911. The molecule has 1 saturated heterocycles. The zero-order valence-corrected chi connectivity index (χ0v) is 14.5. The molecule has 3 heterocycles. The van der Waals surface area contributed by atoms with Crippen molar-refractivity contribution < 1.29 is 19.2 Å². The molecule has 3 rings (SSSR count). The molecule has 0 bridgehead atoms. The van der Waals surface area contributed by atoms with Crippen molar-refractivity contribution in [2.24, 2.45) is 0 Å². The number of carbonyl (C=O) groups excluding carboxylic acids is 1. The maximum Gasteiger partial charge on any atom is 0.292 e. The van der Waals surface area contributed by atoms with Gasteiger partial charge in [0, 0.05) is 31.8 Å². The fourth-order valence-corrected chi connectivity index (χ4v) is 2.89. The summed E-state index contributed by atoms with van der Waals surface area (Å²) in [6, 6.07) is 5.32. The van der Waals surface area contributed by atoms with Crippen molar-refractivity contribution in [1.82, 2.24) is 15.0 Å². The number of carbonyl (C=O) groups is 1. The zero-order chi connectivity index (χ0) is 17.8. The summed E-state index contributed by atoms with van der Waals surface area (Å²) in [6.45, 7) is 4.76. The van der Waals surface area contributed by atoms with Gasteiger partial charge < -0.3 is 19.3 Å². The molecule has 0 unspecified atom stereocenters. The Kier molecular flexibility index (Phi) is 5.33. The standard InChI is InChI=1S/C18H23N3O4/c1-3-13-11-17(25-20-13)18(23)21-9-6-14(22)16(7-10-21)24-15-5-4-8-19-12(15)2/h4-5,8,11,14,16,22H,3,6-7,9-10H2,1-2H3/t14-,16-/m0/s1. The lowest BCUT2D eigenvalue weighted by atomic mass is 10.1. The van der Waals surface area contributed by atoms with Gasteiger partial charge in [0.1, 0.15) is 11.9 Å². The van der Waals surface area contributed by atoms with Crippen LogP contribution in [-0.4, -0.2) is 51.4 Å². The molecule has 7 nitrogen and oxygen atoms in total. The van der Waals surface area contributed by atoms with Gasteiger partial charge in [-0.25, -0.2) is 0 Å². The Morgan fingerprint density at radius 2 is 2.24 bits per heavy atom. The van der Waals surface area contributed by atoms with E-state index < -0.39 is 6.10 Å². The van der Waals surface area contributed by atoms with E-state index in [1.54, 1.807) is 23.2 Å². The van der Waals surface area contributed by atoms with Crippen LogP contribution in [-0.2, 0) is 6.42 Å². The van der Waals surface area contributed by atoms with Crippen molar-refractivity contribution >= 4 is 5.91 Å². The molecule has 0 saturated carbocycles. The lowest BCUT2D eigenvalue weighted by Crippen LogP contribution is -2.32. The number of aromatic nitrogens is 2. The molecule has 2 aromatic heterocycles. The number of amides is 1. The summed E-state index contributed by atoms with van der Waals surface area (Å²) in [5.41, 5.74) is 1.53. The highest BCUT2D eigenvalue weighted by Crippen LogP contribution is 2.22. The number of nitrogens with zero attached hydrogens (tertiary/aromatic N) is 3. The van der Waals surface area contributed by atoms with Crippen LogP contribution in [0.4, 0.5) is 0 Å². The van der Waals surface area contributed by atoms with Crippen molar-refractivity contribution in [3.8, 4) is 5.75 Å². The Balaban J connectivity index is 1.66. The van der Waals surface area contributed by atoms with E-state index in [-0.39, 0.29) is 17.8 Å². The summed E-state index contributed by atoms with van der Waals surface area (Å²) in [5.74, 6) is 0.709. The third-order valence-electron chi connectivity index (χ3n) is 4.46. The van der Waals surface area contributed by atoms with Crippen LogP contribution in [0.25, 0.3) is 0 Å². The number of rotatable bonds is 4. The van der Waals surface area contributed by atoms with Crippen molar-refractivity contribution in [2.45, 2.75) is 45.3 Å². The summed E-state index contributed by atoms with van der Waals surface area (Å²) in [4.78, 5) is 18.4. The van der Waals surface area contributed by atoms with Gasteiger partial charge >= 0.3 is 0 Å². The third kappa shape index (κ3) is 3.99. The van der Waals surface area contributed by atoms with Crippen LogP contribution in [0.1, 0.15) is 41.7 Å². The van der Waals surface area contributed by atoms with Gasteiger partial charge in [-0.3, -0.25) is 9.78 Å². The molecule has 1 N–H and O–H groups in total. The zero-order valence-electron chi connectivity index (χ0n) is 14.5. The number of likely N-dealkylation sites (tertiary alicyclic amines) is 1. The number of hydrogen-bond donors (Lipinski definition) is 1. The number of aliphatic hydroxyl groups excluding tert-OH is 1. The van der Waals surface area contributed by atoms with E-state index in [4.69, 9.17) is 9.26 Å². The van der Waals surface area contributed by atoms with E-state index >= 15 is 0 Å². The first-order valence-corrected chi connectivity index (χ1v) is 8.59. The van der Waals surface area contributed by atoms with Gasteiger partial charge in [-0.1, -0.05) is 12.1 Å². The number of ether oxygens (including phenoxy) is 1. The van der Waals surface area contributed by atoms with Crippen LogP contribution in [0.2, 0.25) is 0 Å². The van der Waals surface area contributed by atoms with Gasteiger partial charge in [-0.05, 0) is 31.9 Å². The Bertz CT molecular complexity index is 731. The molecule has 1 fully saturated rings. The van der Waals surface area contributed by atoms with E-state index in [9.17, 15) is 9.90 Å². The molecule has 1 aliphatic heterocycles. The molecule has 134 valence electrons. The van der Waals surface area contributed by atoms with Gasteiger partial charge in [0.15, 0.2) is 0 Å². The summed E-state index contributed by atoms with van der Waals surface area (Å²) in [7, 11) is 0. The molecule has 7 heteroatoms. The molecular formula is C18H23N3O4. The van der Waals surface area contributed by atoms with Crippen LogP contribution < -0.4 is 4.74 Å². The van der Waals surface area contributed by atoms with Crippen molar-refractivity contribution in [2.75, 3.05) is 13.1 Å². The Hall–Kier alpha value is -2.41. The minimum atomic E-state index is -0.640.